The van der Waals surface area contributed by atoms with Gasteiger partial charge in [0.25, 0.3) is 0 Å². The Bertz CT molecular complexity index is 1260. The van der Waals surface area contributed by atoms with Gasteiger partial charge in [-0.2, -0.15) is 4.31 Å². The maximum absolute atomic E-state index is 12.6. The molecule has 1 aliphatic rings. The van der Waals surface area contributed by atoms with E-state index in [0.29, 0.717) is 18.8 Å². The van der Waals surface area contributed by atoms with Crippen molar-refractivity contribution in [1.29, 1.82) is 0 Å². The van der Waals surface area contributed by atoms with E-state index >= 15 is 0 Å². The van der Waals surface area contributed by atoms with Crippen molar-refractivity contribution in [2.45, 2.75) is 30.7 Å². The number of hydrogen-bond donors (Lipinski definition) is 1. The predicted octanol–water partition coefficient (Wildman–Crippen LogP) is 3.13. The number of nitrogens with one attached hydrogen (secondary N) is 1. The van der Waals surface area contributed by atoms with Crippen LogP contribution in [0.15, 0.2) is 47.4 Å². The van der Waals surface area contributed by atoms with E-state index in [1.165, 1.54) is 41.6 Å². The van der Waals surface area contributed by atoms with E-state index < -0.39 is 32.0 Å². The molecule has 0 bridgehead atoms. The summed E-state index contributed by atoms with van der Waals surface area (Å²) in [4.78, 5) is 12.9. The number of amides is 1. The zero-order valence-electron chi connectivity index (χ0n) is 19.3. The number of carbonyl (C=O) groups excluding carboxylic acids is 1. The Hall–Kier alpha value is -2.05. The Morgan fingerprint density at radius 1 is 1.06 bits per heavy atom. The highest BCUT2D eigenvalue weighted by Crippen LogP contribution is 2.29. The van der Waals surface area contributed by atoms with Gasteiger partial charge in [0.05, 0.1) is 33.4 Å². The van der Waals surface area contributed by atoms with Crippen LogP contribution in [0.4, 0.5) is 5.69 Å². The second-order valence-corrected chi connectivity index (χ2v) is 12.7. The molecule has 0 saturated carbocycles. The van der Waals surface area contributed by atoms with Crippen LogP contribution < -0.4 is 14.4 Å². The molecule has 0 radical (unpaired) electrons. The zero-order valence-corrected chi connectivity index (χ0v) is 22.4. The molecule has 1 aliphatic heterocycles. The van der Waals surface area contributed by atoms with Gasteiger partial charge >= 0.3 is 0 Å². The Labute approximate surface area is 216 Å². The van der Waals surface area contributed by atoms with Crippen molar-refractivity contribution in [3.63, 3.8) is 0 Å². The highest BCUT2D eigenvalue weighted by Gasteiger charge is 2.29. The quantitative estimate of drug-likeness (QED) is 0.444. The van der Waals surface area contributed by atoms with E-state index in [2.05, 4.69) is 5.32 Å². The summed E-state index contributed by atoms with van der Waals surface area (Å²) in [6.07, 6.45) is 2.72. The zero-order chi connectivity index (χ0) is 25.8. The van der Waals surface area contributed by atoms with Crippen LogP contribution in [-0.4, -0.2) is 65.6 Å². The number of rotatable bonds is 10. The average molecular weight is 565 g/mol. The van der Waals surface area contributed by atoms with Crippen molar-refractivity contribution in [1.82, 2.24) is 9.62 Å². The van der Waals surface area contributed by atoms with Gasteiger partial charge in [0.1, 0.15) is 18.4 Å². The summed E-state index contributed by atoms with van der Waals surface area (Å²) >= 11 is 11.9. The molecule has 0 aromatic heterocycles. The van der Waals surface area contributed by atoms with Gasteiger partial charge in [-0.25, -0.2) is 16.8 Å². The van der Waals surface area contributed by atoms with Crippen LogP contribution in [0.3, 0.4) is 0 Å². The lowest BCUT2D eigenvalue weighted by Crippen LogP contribution is -2.48. The van der Waals surface area contributed by atoms with Gasteiger partial charge in [0.15, 0.2) is 0 Å². The van der Waals surface area contributed by atoms with Crippen LogP contribution in [0.5, 0.6) is 5.75 Å². The Balaban J connectivity index is 1.55. The molecule has 1 atom stereocenters. The molecule has 1 saturated heterocycles. The summed E-state index contributed by atoms with van der Waals surface area (Å²) in [5.41, 5.74) is 0.213. The molecule has 0 spiro atoms. The first-order chi connectivity index (χ1) is 16.4. The molecule has 2 aromatic rings. The summed E-state index contributed by atoms with van der Waals surface area (Å²) < 4.78 is 57.9. The summed E-state index contributed by atoms with van der Waals surface area (Å²) in [6.45, 7) is 2.72. The third-order valence-corrected chi connectivity index (χ3v) is 9.34. The first kappa shape index (κ1) is 27.5. The minimum Gasteiger partial charge on any atom is -0.492 e. The largest absolute Gasteiger partial charge is 0.492 e. The number of halogens is 2. The molecule has 1 unspecified atom stereocenters. The number of ether oxygens (including phenoxy) is 1. The highest BCUT2D eigenvalue weighted by atomic mass is 35.5. The Morgan fingerprint density at radius 2 is 1.69 bits per heavy atom. The number of anilines is 1. The SMILES string of the molecule is CC(C(=O)NCCOc1ccc(S(=O)(=O)N2CCCC2)cc1)N(c1ccc(Cl)c(Cl)c1)S(C)(=O)=O. The van der Waals surface area contributed by atoms with Crippen LogP contribution in [-0.2, 0) is 24.8 Å². The maximum atomic E-state index is 12.6. The molecule has 13 heteroatoms. The molecule has 2 aromatic carbocycles. The maximum Gasteiger partial charge on any atom is 0.243 e. The molecule has 1 N–H and O–H groups in total. The fourth-order valence-electron chi connectivity index (χ4n) is 3.71. The van der Waals surface area contributed by atoms with Gasteiger partial charge in [0, 0.05) is 13.1 Å². The van der Waals surface area contributed by atoms with Crippen LogP contribution in [0.25, 0.3) is 0 Å². The molecule has 9 nitrogen and oxygen atoms in total. The fourth-order valence-corrected chi connectivity index (χ4v) is 6.68. The third-order valence-electron chi connectivity index (χ3n) is 5.44. The van der Waals surface area contributed by atoms with E-state index in [1.54, 1.807) is 12.1 Å². The van der Waals surface area contributed by atoms with Crippen molar-refractivity contribution in [3.8, 4) is 5.75 Å². The van der Waals surface area contributed by atoms with E-state index in [0.717, 1.165) is 23.4 Å². The van der Waals surface area contributed by atoms with Gasteiger partial charge < -0.3 is 10.1 Å². The fraction of sp³-hybridized carbons (Fsp3) is 0.409. The van der Waals surface area contributed by atoms with Gasteiger partial charge in [0.2, 0.25) is 26.0 Å². The highest BCUT2D eigenvalue weighted by molar-refractivity contribution is 7.92. The summed E-state index contributed by atoms with van der Waals surface area (Å²) in [7, 11) is -7.30. The van der Waals surface area contributed by atoms with Gasteiger partial charge in [-0.05, 0) is 62.2 Å². The van der Waals surface area contributed by atoms with Crippen LogP contribution in [0.2, 0.25) is 10.0 Å². The first-order valence-electron chi connectivity index (χ1n) is 10.9. The van der Waals surface area contributed by atoms with Crippen molar-refractivity contribution < 1.29 is 26.4 Å². The molecular weight excluding hydrogens is 537 g/mol. The number of nitrogens with zero attached hydrogens (tertiary/aromatic N) is 2. The molecule has 35 heavy (non-hydrogen) atoms. The lowest BCUT2D eigenvalue weighted by atomic mass is 10.2. The van der Waals surface area contributed by atoms with E-state index in [9.17, 15) is 21.6 Å². The van der Waals surface area contributed by atoms with Gasteiger partial charge in [-0.15, -0.1) is 0 Å². The van der Waals surface area contributed by atoms with Crippen molar-refractivity contribution in [2.24, 2.45) is 0 Å². The van der Waals surface area contributed by atoms with Crippen LogP contribution in [0.1, 0.15) is 19.8 Å². The summed E-state index contributed by atoms with van der Waals surface area (Å²) in [5, 5.41) is 3.07. The lowest BCUT2D eigenvalue weighted by molar-refractivity contribution is -0.121. The molecule has 1 heterocycles. The third kappa shape index (κ3) is 6.79. The number of benzene rings is 2. The normalized spacial score (nSPS) is 15.5. The Kier molecular flexibility index (Phi) is 8.92. The lowest BCUT2D eigenvalue weighted by Gasteiger charge is -2.28. The second kappa shape index (κ2) is 11.3. The molecular formula is C22H27Cl2N3O6S2. The van der Waals surface area contributed by atoms with Crippen LogP contribution >= 0.6 is 23.2 Å². The minimum absolute atomic E-state index is 0.0995. The van der Waals surface area contributed by atoms with E-state index in [-0.39, 0.29) is 33.8 Å². The minimum atomic E-state index is -3.80. The topological polar surface area (TPSA) is 113 Å². The molecule has 3 rings (SSSR count). The summed E-state index contributed by atoms with van der Waals surface area (Å²) in [6, 6.07) is 9.35. The van der Waals surface area contributed by atoms with E-state index in [1.807, 2.05) is 0 Å². The Morgan fingerprint density at radius 3 is 2.26 bits per heavy atom. The predicted molar refractivity (Wildman–Crippen MR) is 136 cm³/mol. The molecule has 1 amide bonds. The van der Waals surface area contributed by atoms with Gasteiger partial charge in [-0.1, -0.05) is 23.2 Å². The van der Waals surface area contributed by atoms with Crippen molar-refractivity contribution in [3.05, 3.63) is 52.5 Å². The average Bonchev–Trinajstić information content (AvgIpc) is 3.34. The number of sulfonamides is 2. The molecule has 192 valence electrons. The number of carbonyl (C=O) groups is 1. The van der Waals surface area contributed by atoms with E-state index in [4.69, 9.17) is 27.9 Å². The van der Waals surface area contributed by atoms with Gasteiger partial charge in [-0.3, -0.25) is 9.10 Å². The standard InChI is InChI=1S/C22H27Cl2N3O6S2/c1-16(27(34(2,29)30)17-5-10-20(23)21(24)15-17)22(28)25-11-14-33-18-6-8-19(9-7-18)35(31,32)26-12-3-4-13-26/h5-10,15-16H,3-4,11-14H2,1-2H3,(H,25,28). The molecule has 1 fully saturated rings. The van der Waals surface area contributed by atoms with Crippen LogP contribution in [0, 0.1) is 0 Å². The second-order valence-electron chi connectivity index (χ2n) is 8.06. The van der Waals surface area contributed by atoms with Crippen molar-refractivity contribution in [2.75, 3.05) is 36.8 Å². The smallest absolute Gasteiger partial charge is 0.243 e. The first-order valence-corrected chi connectivity index (χ1v) is 14.9. The number of hydrogen-bond acceptors (Lipinski definition) is 6. The summed E-state index contributed by atoms with van der Waals surface area (Å²) in [5.74, 6) is -0.0848. The molecule has 0 aliphatic carbocycles. The van der Waals surface area contributed by atoms with Crippen molar-refractivity contribution >= 4 is 54.8 Å². The monoisotopic (exact) mass is 563 g/mol.